The SMILES string of the molecule is CN(CC(F)(F)F)C(=O)CCC(=O)c1ccc(/C(F)=C/C(c2ccc(Br)c(Br)c2)C(F)(F)F)cc1C(F)(F)F. The molecule has 2 aromatic carbocycles. The van der Waals surface area contributed by atoms with Gasteiger partial charge in [-0.15, -0.1) is 0 Å². The molecule has 0 aliphatic rings. The molecule has 0 N–H and O–H groups in total. The standard InChI is InChI=1S/C24H17Br2F10NO2/c1-37(11-22(28,29)30)21(39)7-6-20(38)14-4-2-13(8-16(14)24(34,35)36)19(27)10-15(23(31,32)33)12-3-5-17(25)18(26)9-12/h2-5,8-10,15H,6-7,11H2,1H3/b19-10-. The van der Waals surface area contributed by atoms with E-state index in [0.29, 0.717) is 16.6 Å². The van der Waals surface area contributed by atoms with Crippen LogP contribution in [0.25, 0.3) is 5.83 Å². The minimum absolute atomic E-state index is 0.0990. The summed E-state index contributed by atoms with van der Waals surface area (Å²) in [4.78, 5) is 24.5. The molecule has 0 bridgehead atoms. The van der Waals surface area contributed by atoms with E-state index in [1.54, 1.807) is 0 Å². The number of benzene rings is 2. The predicted molar refractivity (Wildman–Crippen MR) is 128 cm³/mol. The van der Waals surface area contributed by atoms with Crippen molar-refractivity contribution < 1.29 is 53.5 Å². The molecule has 0 radical (unpaired) electrons. The fraction of sp³-hybridized carbons (Fsp3) is 0.333. The average Bonchev–Trinajstić information content (AvgIpc) is 2.79. The van der Waals surface area contributed by atoms with Gasteiger partial charge in [-0.05, 0) is 61.7 Å². The number of Topliss-reactive ketones (excluding diaryl/α,β-unsaturated/α-hetero) is 1. The van der Waals surface area contributed by atoms with Gasteiger partial charge < -0.3 is 4.90 Å². The third-order valence-corrected chi connectivity index (χ3v) is 7.16. The number of allylic oxidation sites excluding steroid dienone is 1. The Bertz CT molecular complexity index is 1250. The molecule has 0 aromatic heterocycles. The van der Waals surface area contributed by atoms with Crippen LogP contribution in [0.1, 0.15) is 45.8 Å². The Morgan fingerprint density at radius 2 is 1.51 bits per heavy atom. The molecule has 0 aliphatic heterocycles. The van der Waals surface area contributed by atoms with Gasteiger partial charge in [0.15, 0.2) is 5.78 Å². The molecular weight excluding hydrogens is 684 g/mol. The number of carbonyl (C=O) groups excluding carboxylic acids is 2. The van der Waals surface area contributed by atoms with Gasteiger partial charge in [0.1, 0.15) is 18.3 Å². The first kappa shape index (κ1) is 32.8. The Morgan fingerprint density at radius 3 is 2.03 bits per heavy atom. The summed E-state index contributed by atoms with van der Waals surface area (Å²) in [5.74, 6) is -6.61. The molecule has 1 atom stereocenters. The molecule has 0 fully saturated rings. The van der Waals surface area contributed by atoms with Crippen molar-refractivity contribution in [1.82, 2.24) is 4.90 Å². The van der Waals surface area contributed by atoms with Crippen molar-refractivity contribution in [3.63, 3.8) is 0 Å². The van der Waals surface area contributed by atoms with E-state index in [4.69, 9.17) is 0 Å². The quantitative estimate of drug-likeness (QED) is 0.204. The van der Waals surface area contributed by atoms with Gasteiger partial charge in [0, 0.05) is 40.0 Å². The van der Waals surface area contributed by atoms with E-state index in [0.717, 1.165) is 19.2 Å². The summed E-state index contributed by atoms with van der Waals surface area (Å²) >= 11 is 6.11. The first-order valence-electron chi connectivity index (χ1n) is 10.6. The van der Waals surface area contributed by atoms with Crippen molar-refractivity contribution in [3.8, 4) is 0 Å². The molecule has 15 heteroatoms. The lowest BCUT2D eigenvalue weighted by molar-refractivity contribution is -0.158. The predicted octanol–water partition coefficient (Wildman–Crippen LogP) is 8.87. The summed E-state index contributed by atoms with van der Waals surface area (Å²) in [5.41, 5.74) is -4.00. The largest absolute Gasteiger partial charge is 0.417 e. The molecule has 0 saturated carbocycles. The van der Waals surface area contributed by atoms with Gasteiger partial charge in [0.2, 0.25) is 5.91 Å². The zero-order chi connectivity index (χ0) is 29.9. The highest BCUT2D eigenvalue weighted by Gasteiger charge is 2.41. The number of ketones is 1. The molecule has 0 heterocycles. The van der Waals surface area contributed by atoms with Gasteiger partial charge in [-0.1, -0.05) is 18.2 Å². The number of amides is 1. The minimum Gasteiger partial charge on any atom is -0.337 e. The molecule has 39 heavy (non-hydrogen) atoms. The van der Waals surface area contributed by atoms with Crippen molar-refractivity contribution in [2.75, 3.05) is 13.6 Å². The Labute approximate surface area is 232 Å². The summed E-state index contributed by atoms with van der Waals surface area (Å²) in [7, 11) is 0.798. The lowest BCUT2D eigenvalue weighted by atomic mass is 9.94. The van der Waals surface area contributed by atoms with Crippen LogP contribution in [0.2, 0.25) is 0 Å². The Hall–Kier alpha value is -2.42. The maximum Gasteiger partial charge on any atom is 0.417 e. The van der Waals surface area contributed by atoms with Gasteiger partial charge in [-0.3, -0.25) is 9.59 Å². The number of nitrogens with zero attached hydrogens (tertiary/aromatic N) is 1. The second kappa shape index (κ2) is 12.4. The highest BCUT2D eigenvalue weighted by molar-refractivity contribution is 9.13. The average molecular weight is 701 g/mol. The summed E-state index contributed by atoms with van der Waals surface area (Å²) < 4.78 is 135. The van der Waals surface area contributed by atoms with Gasteiger partial charge >= 0.3 is 18.5 Å². The number of hydrogen-bond donors (Lipinski definition) is 0. The maximum absolute atomic E-state index is 14.9. The highest BCUT2D eigenvalue weighted by Crippen LogP contribution is 2.41. The number of halogens is 12. The second-order valence-electron chi connectivity index (χ2n) is 8.25. The molecule has 0 spiro atoms. The van der Waals surface area contributed by atoms with E-state index < -0.39 is 83.6 Å². The van der Waals surface area contributed by atoms with Crippen LogP contribution < -0.4 is 0 Å². The molecule has 214 valence electrons. The van der Waals surface area contributed by atoms with Crippen LogP contribution in [0.15, 0.2) is 51.4 Å². The maximum atomic E-state index is 14.9. The molecule has 2 rings (SSSR count). The van der Waals surface area contributed by atoms with Crippen LogP contribution in [-0.2, 0) is 11.0 Å². The molecule has 2 aromatic rings. The third kappa shape index (κ3) is 9.33. The van der Waals surface area contributed by atoms with Crippen LogP contribution in [-0.4, -0.2) is 42.5 Å². The third-order valence-electron chi connectivity index (χ3n) is 5.28. The topological polar surface area (TPSA) is 37.4 Å². The number of carbonyl (C=O) groups is 2. The Morgan fingerprint density at radius 1 is 0.897 bits per heavy atom. The fourth-order valence-corrected chi connectivity index (χ4v) is 4.04. The first-order valence-corrected chi connectivity index (χ1v) is 12.2. The normalized spacial score (nSPS) is 13.8. The molecule has 0 saturated heterocycles. The lowest BCUT2D eigenvalue weighted by Crippen LogP contribution is -2.35. The molecular formula is C24H17Br2F10NO2. The van der Waals surface area contributed by atoms with Crippen molar-refractivity contribution in [2.45, 2.75) is 37.3 Å². The zero-order valence-electron chi connectivity index (χ0n) is 19.5. The highest BCUT2D eigenvalue weighted by atomic mass is 79.9. The summed E-state index contributed by atoms with van der Waals surface area (Å²) in [5, 5.41) is 0. The zero-order valence-corrected chi connectivity index (χ0v) is 22.7. The van der Waals surface area contributed by atoms with Crippen LogP contribution in [0, 0.1) is 0 Å². The van der Waals surface area contributed by atoms with E-state index in [1.807, 2.05) is 0 Å². The van der Waals surface area contributed by atoms with E-state index in [9.17, 15) is 53.5 Å². The van der Waals surface area contributed by atoms with Crippen LogP contribution in [0.3, 0.4) is 0 Å². The minimum atomic E-state index is -5.25. The van der Waals surface area contributed by atoms with E-state index in [-0.39, 0.29) is 21.5 Å². The summed E-state index contributed by atoms with van der Waals surface area (Å²) in [6.45, 7) is -1.63. The van der Waals surface area contributed by atoms with Gasteiger partial charge in [0.05, 0.1) is 5.56 Å². The summed E-state index contributed by atoms with van der Waals surface area (Å²) in [6.07, 6.45) is -16.6. The molecule has 0 aliphatic carbocycles. The smallest absolute Gasteiger partial charge is 0.337 e. The van der Waals surface area contributed by atoms with E-state index in [2.05, 4.69) is 31.9 Å². The van der Waals surface area contributed by atoms with Gasteiger partial charge in [-0.2, -0.15) is 39.5 Å². The Balaban J connectivity index is 2.39. The van der Waals surface area contributed by atoms with Crippen molar-refractivity contribution in [1.29, 1.82) is 0 Å². The van der Waals surface area contributed by atoms with Crippen LogP contribution >= 0.6 is 31.9 Å². The lowest BCUT2D eigenvalue weighted by Gasteiger charge is -2.19. The first-order chi connectivity index (χ1) is 17.7. The van der Waals surface area contributed by atoms with Crippen molar-refractivity contribution >= 4 is 49.4 Å². The monoisotopic (exact) mass is 699 g/mol. The Kier molecular flexibility index (Phi) is 10.4. The van der Waals surface area contributed by atoms with Crippen LogP contribution in [0.5, 0.6) is 0 Å². The van der Waals surface area contributed by atoms with E-state index >= 15 is 0 Å². The van der Waals surface area contributed by atoms with Gasteiger partial charge in [0.25, 0.3) is 0 Å². The molecule has 1 amide bonds. The molecule has 1 unspecified atom stereocenters. The number of alkyl halides is 9. The van der Waals surface area contributed by atoms with Gasteiger partial charge in [-0.25, -0.2) is 4.39 Å². The second-order valence-corrected chi connectivity index (χ2v) is 9.96. The number of rotatable bonds is 8. The molecule has 3 nitrogen and oxygen atoms in total. The van der Waals surface area contributed by atoms with Crippen LogP contribution in [0.4, 0.5) is 43.9 Å². The number of hydrogen-bond acceptors (Lipinski definition) is 2. The fourth-order valence-electron chi connectivity index (χ4n) is 3.40. The van der Waals surface area contributed by atoms with Crippen molar-refractivity contribution in [3.05, 3.63) is 73.7 Å². The summed E-state index contributed by atoms with van der Waals surface area (Å²) in [6, 6.07) is 4.72. The van der Waals surface area contributed by atoms with E-state index in [1.165, 1.54) is 6.07 Å². The van der Waals surface area contributed by atoms with Crippen molar-refractivity contribution in [2.24, 2.45) is 0 Å².